The lowest BCUT2D eigenvalue weighted by Gasteiger charge is -2.30. The van der Waals surface area contributed by atoms with Gasteiger partial charge in [0.1, 0.15) is 11.6 Å². The van der Waals surface area contributed by atoms with Gasteiger partial charge in [-0.15, -0.1) is 0 Å². The molecule has 0 aliphatic carbocycles. The number of aromatic nitrogens is 2. The molecular weight excluding hydrogens is 498 g/mol. The molecule has 0 radical (unpaired) electrons. The first-order valence-electron chi connectivity index (χ1n) is 12.7. The molecule has 2 aliphatic heterocycles. The van der Waals surface area contributed by atoms with Crippen LogP contribution in [0.25, 0.3) is 11.3 Å². The number of halogens is 3. The number of aryl methyl sites for hydroxylation is 1. The molecule has 1 aromatic heterocycles. The summed E-state index contributed by atoms with van der Waals surface area (Å²) < 4.78 is 33.8. The minimum atomic E-state index is -0.647. The van der Waals surface area contributed by atoms with E-state index in [2.05, 4.69) is 9.88 Å². The summed E-state index contributed by atoms with van der Waals surface area (Å²) in [5.41, 5.74) is 3.09. The van der Waals surface area contributed by atoms with Gasteiger partial charge in [-0.05, 0) is 37.9 Å². The predicted molar refractivity (Wildman–Crippen MR) is 139 cm³/mol. The first-order valence-corrected chi connectivity index (χ1v) is 13.0. The van der Waals surface area contributed by atoms with Crippen molar-refractivity contribution >= 4 is 23.2 Å². The fraction of sp³-hybridized carbons (Fsp3) is 0.393. The number of anilines is 1. The number of fused-ring (bicyclic) bond motifs is 1. The second-order valence-electron chi connectivity index (χ2n) is 9.43. The van der Waals surface area contributed by atoms with E-state index in [1.54, 1.807) is 6.20 Å². The third-order valence-electron chi connectivity index (χ3n) is 6.94. The highest BCUT2D eigenvalue weighted by Crippen LogP contribution is 2.31. The van der Waals surface area contributed by atoms with Crippen molar-refractivity contribution in [2.24, 2.45) is 0 Å². The van der Waals surface area contributed by atoms with Crippen LogP contribution in [0.5, 0.6) is 0 Å². The Hall–Kier alpha value is -2.94. The lowest BCUT2D eigenvalue weighted by Crippen LogP contribution is -2.36. The Morgan fingerprint density at radius 1 is 1.03 bits per heavy atom. The highest BCUT2D eigenvalue weighted by Gasteiger charge is 2.24. The SMILES string of the molecule is O=C(CCCN1CCOCC1)c1ccc(-c2cnc3c(n2)N(Cc2c(F)ccc(F)c2Cl)CCC3)cc1. The standard InChI is InChI=1S/C28H29ClF2N4O2/c29-27-21(22(30)9-10-23(27)31)18-35-12-1-3-24-28(35)33-25(17-32-24)19-5-7-20(8-6-19)26(36)4-2-11-34-13-15-37-16-14-34/h5-10,17H,1-4,11-16,18H2. The van der Waals surface area contributed by atoms with Crippen molar-refractivity contribution < 1.29 is 18.3 Å². The summed E-state index contributed by atoms with van der Waals surface area (Å²) in [5, 5.41) is -0.207. The third kappa shape index (κ3) is 5.98. The van der Waals surface area contributed by atoms with E-state index in [0.29, 0.717) is 30.0 Å². The van der Waals surface area contributed by atoms with Gasteiger partial charge in [0, 0.05) is 49.3 Å². The summed E-state index contributed by atoms with van der Waals surface area (Å²) >= 11 is 6.07. The Balaban J connectivity index is 1.28. The summed E-state index contributed by atoms with van der Waals surface area (Å²) in [5.74, 6) is -0.429. The number of carbonyl (C=O) groups excluding carboxylic acids is 1. The van der Waals surface area contributed by atoms with Crippen LogP contribution in [0.3, 0.4) is 0 Å². The fourth-order valence-corrected chi connectivity index (χ4v) is 5.05. The molecule has 0 N–H and O–H groups in total. The van der Waals surface area contributed by atoms with Gasteiger partial charge in [-0.25, -0.2) is 13.8 Å². The van der Waals surface area contributed by atoms with Gasteiger partial charge in [-0.2, -0.15) is 0 Å². The second-order valence-corrected chi connectivity index (χ2v) is 9.81. The van der Waals surface area contributed by atoms with E-state index in [1.807, 2.05) is 29.2 Å². The third-order valence-corrected chi connectivity index (χ3v) is 7.35. The summed E-state index contributed by atoms with van der Waals surface area (Å²) in [6.07, 6.45) is 4.64. The number of ether oxygens (including phenoxy) is 1. The normalized spacial score (nSPS) is 16.0. The maximum atomic E-state index is 14.4. The minimum Gasteiger partial charge on any atom is -0.379 e. The van der Waals surface area contributed by atoms with Crippen molar-refractivity contribution in [1.29, 1.82) is 0 Å². The summed E-state index contributed by atoms with van der Waals surface area (Å²) in [7, 11) is 0. The van der Waals surface area contributed by atoms with Crippen molar-refractivity contribution in [3.8, 4) is 11.3 Å². The van der Waals surface area contributed by atoms with Crippen LogP contribution in [-0.2, 0) is 17.7 Å². The van der Waals surface area contributed by atoms with E-state index in [4.69, 9.17) is 21.3 Å². The molecular formula is C28H29ClF2N4O2. The Morgan fingerprint density at radius 3 is 2.57 bits per heavy atom. The summed E-state index contributed by atoms with van der Waals surface area (Å²) in [6, 6.07) is 9.53. The van der Waals surface area contributed by atoms with Crippen LogP contribution in [-0.4, -0.2) is 60.0 Å². The first-order chi connectivity index (χ1) is 18.0. The number of nitrogens with zero attached hydrogens (tertiary/aromatic N) is 4. The van der Waals surface area contributed by atoms with Gasteiger partial charge in [0.05, 0.1) is 35.8 Å². The molecule has 0 bridgehead atoms. The van der Waals surface area contributed by atoms with E-state index in [0.717, 1.165) is 75.5 Å². The van der Waals surface area contributed by atoms with Crippen molar-refractivity contribution in [2.75, 3.05) is 44.3 Å². The average molecular weight is 527 g/mol. The average Bonchev–Trinajstić information content (AvgIpc) is 2.93. The zero-order chi connectivity index (χ0) is 25.8. The number of ketones is 1. The number of carbonyl (C=O) groups is 1. The van der Waals surface area contributed by atoms with Gasteiger partial charge in [0.25, 0.3) is 0 Å². The van der Waals surface area contributed by atoms with E-state index in [1.165, 1.54) is 0 Å². The van der Waals surface area contributed by atoms with Gasteiger partial charge in [-0.3, -0.25) is 14.7 Å². The molecule has 0 atom stereocenters. The van der Waals surface area contributed by atoms with Crippen LogP contribution in [0.15, 0.2) is 42.6 Å². The van der Waals surface area contributed by atoms with Crippen molar-refractivity contribution in [3.05, 3.63) is 76.1 Å². The number of hydrogen-bond donors (Lipinski definition) is 0. The highest BCUT2D eigenvalue weighted by molar-refractivity contribution is 6.31. The topological polar surface area (TPSA) is 58.6 Å². The van der Waals surface area contributed by atoms with Crippen LogP contribution in [0, 0.1) is 11.6 Å². The molecule has 5 rings (SSSR count). The quantitative estimate of drug-likeness (QED) is 0.292. The van der Waals surface area contributed by atoms with Crippen LogP contribution in [0.2, 0.25) is 5.02 Å². The van der Waals surface area contributed by atoms with Crippen molar-refractivity contribution in [2.45, 2.75) is 32.2 Å². The maximum Gasteiger partial charge on any atom is 0.162 e. The lowest BCUT2D eigenvalue weighted by atomic mass is 10.0. The van der Waals surface area contributed by atoms with E-state index in [9.17, 15) is 13.6 Å². The number of benzene rings is 2. The first kappa shape index (κ1) is 25.7. The molecule has 0 saturated carbocycles. The molecule has 194 valence electrons. The van der Waals surface area contributed by atoms with Crippen molar-refractivity contribution in [1.82, 2.24) is 14.9 Å². The van der Waals surface area contributed by atoms with Crippen LogP contribution in [0.1, 0.15) is 40.9 Å². The number of morpholine rings is 1. The highest BCUT2D eigenvalue weighted by atomic mass is 35.5. The molecule has 0 spiro atoms. The molecule has 3 aromatic rings. The largest absolute Gasteiger partial charge is 0.379 e. The Bertz CT molecular complexity index is 1270. The van der Waals surface area contributed by atoms with Crippen LogP contribution in [0.4, 0.5) is 14.6 Å². The van der Waals surface area contributed by atoms with Gasteiger partial charge in [-0.1, -0.05) is 35.9 Å². The Morgan fingerprint density at radius 2 is 1.78 bits per heavy atom. The van der Waals surface area contributed by atoms with E-state index in [-0.39, 0.29) is 22.9 Å². The molecule has 1 saturated heterocycles. The van der Waals surface area contributed by atoms with E-state index < -0.39 is 11.6 Å². The number of rotatable bonds is 8. The lowest BCUT2D eigenvalue weighted by molar-refractivity contribution is 0.0371. The molecule has 0 unspecified atom stereocenters. The molecule has 0 amide bonds. The zero-order valence-electron chi connectivity index (χ0n) is 20.6. The number of hydrogen-bond acceptors (Lipinski definition) is 6. The van der Waals surface area contributed by atoms with Crippen LogP contribution >= 0.6 is 11.6 Å². The molecule has 6 nitrogen and oxygen atoms in total. The second kappa shape index (κ2) is 11.6. The van der Waals surface area contributed by atoms with Gasteiger partial charge in [0.2, 0.25) is 0 Å². The smallest absolute Gasteiger partial charge is 0.162 e. The predicted octanol–water partition coefficient (Wildman–Crippen LogP) is 5.32. The summed E-state index contributed by atoms with van der Waals surface area (Å²) in [6.45, 7) is 5.00. The molecule has 3 heterocycles. The zero-order valence-corrected chi connectivity index (χ0v) is 21.3. The molecule has 37 heavy (non-hydrogen) atoms. The maximum absolute atomic E-state index is 14.4. The Kier molecular flexibility index (Phi) is 8.08. The van der Waals surface area contributed by atoms with Gasteiger partial charge >= 0.3 is 0 Å². The van der Waals surface area contributed by atoms with Gasteiger partial charge < -0.3 is 9.64 Å². The fourth-order valence-electron chi connectivity index (χ4n) is 4.83. The van der Waals surface area contributed by atoms with Crippen LogP contribution < -0.4 is 4.90 Å². The molecule has 2 aliphatic rings. The summed E-state index contributed by atoms with van der Waals surface area (Å²) in [4.78, 5) is 26.3. The van der Waals surface area contributed by atoms with Crippen molar-refractivity contribution in [3.63, 3.8) is 0 Å². The van der Waals surface area contributed by atoms with E-state index >= 15 is 0 Å². The Labute approximate surface area is 220 Å². The molecule has 1 fully saturated rings. The van der Waals surface area contributed by atoms with Gasteiger partial charge in [0.15, 0.2) is 11.6 Å². The molecule has 2 aromatic carbocycles. The monoisotopic (exact) mass is 526 g/mol. The molecule has 9 heteroatoms. The number of Topliss-reactive ketones (excluding diaryl/α,β-unsaturated/α-hetero) is 1. The minimum absolute atomic E-state index is 0.103.